The van der Waals surface area contributed by atoms with E-state index in [2.05, 4.69) is 25.1 Å². The minimum atomic E-state index is -4.00. The van der Waals surface area contributed by atoms with Gasteiger partial charge >= 0.3 is 0 Å². The minimum absolute atomic E-state index is 0.0909. The van der Waals surface area contributed by atoms with Crippen LogP contribution in [0.2, 0.25) is 0 Å². The maximum absolute atomic E-state index is 13.3. The molecule has 4 aromatic rings. The molecule has 0 radical (unpaired) electrons. The molecule has 3 heterocycles. The predicted molar refractivity (Wildman–Crippen MR) is 110 cm³/mol. The van der Waals surface area contributed by atoms with Crippen LogP contribution in [0.3, 0.4) is 0 Å². The van der Waals surface area contributed by atoms with E-state index in [4.69, 9.17) is 0 Å². The van der Waals surface area contributed by atoms with E-state index >= 15 is 0 Å². The highest BCUT2D eigenvalue weighted by Gasteiger charge is 2.16. The van der Waals surface area contributed by atoms with Crippen LogP contribution in [0, 0.1) is 11.6 Å². The van der Waals surface area contributed by atoms with Gasteiger partial charge in [-0.15, -0.1) is 0 Å². The Balaban J connectivity index is 1.42. The maximum Gasteiger partial charge on any atom is 0.263 e. The smallest absolute Gasteiger partial charge is 0.263 e. The first kappa shape index (κ1) is 20.4. The molecule has 0 atom stereocenters. The number of nitrogens with one attached hydrogen (secondary N) is 2. The lowest BCUT2D eigenvalue weighted by atomic mass is 10.2. The Morgan fingerprint density at radius 1 is 0.968 bits per heavy atom. The zero-order valence-corrected chi connectivity index (χ0v) is 16.7. The highest BCUT2D eigenvalue weighted by Crippen LogP contribution is 2.19. The summed E-state index contributed by atoms with van der Waals surface area (Å²) in [6.07, 6.45) is 6.29. The Morgan fingerprint density at radius 3 is 2.55 bits per heavy atom. The fraction of sp³-hybridized carbons (Fsp3) is 0.0500. The second-order valence-corrected chi connectivity index (χ2v) is 8.12. The van der Waals surface area contributed by atoms with Crippen molar-refractivity contribution in [1.82, 2.24) is 19.7 Å². The summed E-state index contributed by atoms with van der Waals surface area (Å²) in [5.41, 5.74) is 0.839. The Morgan fingerprint density at radius 2 is 1.84 bits per heavy atom. The monoisotopic (exact) mass is 442 g/mol. The average molecular weight is 442 g/mol. The summed E-state index contributed by atoms with van der Waals surface area (Å²) in [6, 6.07) is 11.1. The van der Waals surface area contributed by atoms with Crippen molar-refractivity contribution >= 4 is 21.5 Å². The molecule has 31 heavy (non-hydrogen) atoms. The third-order valence-electron chi connectivity index (χ3n) is 4.24. The van der Waals surface area contributed by atoms with Gasteiger partial charge in [-0.05, 0) is 48.0 Å². The molecule has 8 nitrogen and oxygen atoms in total. The van der Waals surface area contributed by atoms with Gasteiger partial charge in [-0.2, -0.15) is 5.10 Å². The Labute approximate surface area is 176 Å². The second-order valence-electron chi connectivity index (χ2n) is 6.44. The van der Waals surface area contributed by atoms with E-state index in [1.54, 1.807) is 29.3 Å². The van der Waals surface area contributed by atoms with Gasteiger partial charge < -0.3 is 5.32 Å². The first-order valence-electron chi connectivity index (χ1n) is 9.03. The van der Waals surface area contributed by atoms with Gasteiger partial charge in [0.2, 0.25) is 0 Å². The van der Waals surface area contributed by atoms with Crippen molar-refractivity contribution in [3.05, 3.63) is 90.5 Å². The van der Waals surface area contributed by atoms with Gasteiger partial charge in [-0.25, -0.2) is 31.8 Å². The summed E-state index contributed by atoms with van der Waals surface area (Å²) in [5.74, 6) is -1.08. The third-order valence-corrected chi connectivity index (χ3v) is 5.61. The van der Waals surface area contributed by atoms with E-state index < -0.39 is 21.7 Å². The van der Waals surface area contributed by atoms with Crippen LogP contribution in [0.15, 0.2) is 78.2 Å². The molecule has 0 aliphatic heterocycles. The molecule has 2 N–H and O–H groups in total. The van der Waals surface area contributed by atoms with Crippen molar-refractivity contribution in [2.24, 2.45) is 0 Å². The summed E-state index contributed by atoms with van der Waals surface area (Å²) >= 11 is 0. The molecule has 11 heteroatoms. The van der Waals surface area contributed by atoms with Crippen LogP contribution >= 0.6 is 0 Å². The SMILES string of the molecule is O=S(=O)(Nc1ccc(F)c(F)c1)c1ccc(NCc2ccnc(-n3cccn3)c2)nc1. The molecule has 0 aliphatic carbocycles. The highest BCUT2D eigenvalue weighted by atomic mass is 32.2. The number of hydrogen-bond acceptors (Lipinski definition) is 6. The number of sulfonamides is 1. The molecule has 0 unspecified atom stereocenters. The van der Waals surface area contributed by atoms with Crippen LogP contribution in [0.25, 0.3) is 5.82 Å². The lowest BCUT2D eigenvalue weighted by Gasteiger charge is -2.10. The minimum Gasteiger partial charge on any atom is -0.366 e. The molecule has 4 rings (SSSR count). The van der Waals surface area contributed by atoms with Crippen molar-refractivity contribution < 1.29 is 17.2 Å². The Bertz CT molecular complexity index is 1300. The molecule has 0 bridgehead atoms. The van der Waals surface area contributed by atoms with E-state index in [1.807, 2.05) is 12.1 Å². The predicted octanol–water partition coefficient (Wildman–Crippen LogP) is 3.35. The number of benzene rings is 1. The zero-order valence-electron chi connectivity index (χ0n) is 15.9. The molecule has 0 aliphatic rings. The first-order valence-corrected chi connectivity index (χ1v) is 10.5. The van der Waals surface area contributed by atoms with Gasteiger partial charge in [0.15, 0.2) is 17.5 Å². The molecule has 0 fully saturated rings. The molecular formula is C20H16F2N6O2S. The maximum atomic E-state index is 13.3. The largest absolute Gasteiger partial charge is 0.366 e. The molecule has 158 valence electrons. The normalized spacial score (nSPS) is 11.3. The van der Waals surface area contributed by atoms with Crippen LogP contribution < -0.4 is 10.0 Å². The summed E-state index contributed by atoms with van der Waals surface area (Å²) in [4.78, 5) is 8.25. The Hall–Kier alpha value is -3.86. The number of anilines is 2. The standard InChI is InChI=1S/C20H16F2N6O2S/c21-17-4-2-15(11-18(17)22)27-31(29,30)16-3-5-19(25-13-16)24-12-14-6-8-23-20(10-14)28-9-1-7-26-28/h1-11,13,27H,12H2,(H,24,25). The van der Waals surface area contributed by atoms with E-state index in [-0.39, 0.29) is 10.6 Å². The first-order chi connectivity index (χ1) is 14.9. The summed E-state index contributed by atoms with van der Waals surface area (Å²) in [7, 11) is -4.00. The summed E-state index contributed by atoms with van der Waals surface area (Å²) < 4.78 is 55.0. The van der Waals surface area contributed by atoms with Crippen LogP contribution in [0.1, 0.15) is 5.56 Å². The summed E-state index contributed by atoms with van der Waals surface area (Å²) in [5, 5.41) is 7.24. The number of nitrogens with zero attached hydrogens (tertiary/aromatic N) is 4. The van der Waals surface area contributed by atoms with Crippen molar-refractivity contribution in [3.63, 3.8) is 0 Å². The fourth-order valence-electron chi connectivity index (χ4n) is 2.71. The highest BCUT2D eigenvalue weighted by molar-refractivity contribution is 7.92. The number of hydrogen-bond donors (Lipinski definition) is 2. The van der Waals surface area contributed by atoms with E-state index in [0.29, 0.717) is 18.2 Å². The number of rotatable bonds is 7. The topological polar surface area (TPSA) is 102 Å². The molecule has 0 amide bonds. The van der Waals surface area contributed by atoms with Crippen molar-refractivity contribution in [3.8, 4) is 5.82 Å². The zero-order chi connectivity index (χ0) is 21.8. The number of halogens is 2. The lowest BCUT2D eigenvalue weighted by molar-refractivity contribution is 0.509. The summed E-state index contributed by atoms with van der Waals surface area (Å²) in [6.45, 7) is 0.434. The van der Waals surface area contributed by atoms with Gasteiger partial charge in [0.25, 0.3) is 10.0 Å². The molecule has 0 saturated carbocycles. The number of pyridine rings is 2. The average Bonchev–Trinajstić information content (AvgIpc) is 3.30. The number of aromatic nitrogens is 4. The van der Waals surface area contributed by atoms with E-state index in [1.165, 1.54) is 18.3 Å². The van der Waals surface area contributed by atoms with Gasteiger partial charge in [0.1, 0.15) is 10.7 Å². The van der Waals surface area contributed by atoms with Crippen LogP contribution in [-0.2, 0) is 16.6 Å². The quantitative estimate of drug-likeness (QED) is 0.455. The molecule has 0 spiro atoms. The van der Waals surface area contributed by atoms with E-state index in [0.717, 1.165) is 23.8 Å². The molecule has 1 aromatic carbocycles. The van der Waals surface area contributed by atoms with Gasteiger partial charge in [0, 0.05) is 37.4 Å². The lowest BCUT2D eigenvalue weighted by Crippen LogP contribution is -2.14. The Kier molecular flexibility index (Phi) is 5.58. The molecular weight excluding hydrogens is 426 g/mol. The molecule has 3 aromatic heterocycles. The van der Waals surface area contributed by atoms with Crippen molar-refractivity contribution in [2.45, 2.75) is 11.4 Å². The van der Waals surface area contributed by atoms with Gasteiger partial charge in [0.05, 0.1) is 5.69 Å². The fourth-order valence-corrected chi connectivity index (χ4v) is 3.70. The molecule has 0 saturated heterocycles. The van der Waals surface area contributed by atoms with Gasteiger partial charge in [-0.3, -0.25) is 4.72 Å². The third kappa shape index (κ3) is 4.83. The van der Waals surface area contributed by atoms with Crippen LogP contribution in [-0.4, -0.2) is 28.2 Å². The van der Waals surface area contributed by atoms with Crippen LogP contribution in [0.5, 0.6) is 0 Å². The van der Waals surface area contributed by atoms with Crippen molar-refractivity contribution in [1.29, 1.82) is 0 Å². The van der Waals surface area contributed by atoms with Crippen LogP contribution in [0.4, 0.5) is 20.3 Å². The van der Waals surface area contributed by atoms with E-state index in [9.17, 15) is 17.2 Å². The second kappa shape index (κ2) is 8.48. The van der Waals surface area contributed by atoms with Gasteiger partial charge in [-0.1, -0.05) is 0 Å². The van der Waals surface area contributed by atoms with Crippen molar-refractivity contribution in [2.75, 3.05) is 10.0 Å².